The molecule has 0 fully saturated rings. The molecule has 0 bridgehead atoms. The van der Waals surface area contributed by atoms with Gasteiger partial charge in [0.1, 0.15) is 0 Å². The van der Waals surface area contributed by atoms with Crippen LogP contribution in [0.4, 0.5) is 34.1 Å². The van der Waals surface area contributed by atoms with Crippen molar-refractivity contribution in [1.82, 2.24) is 4.57 Å². The minimum atomic E-state index is 1.15. The normalized spacial score (nSPS) is 12.9. The molecule has 0 amide bonds. The molecule has 1 aromatic heterocycles. The van der Waals surface area contributed by atoms with Gasteiger partial charge >= 0.3 is 0 Å². The highest BCUT2D eigenvalue weighted by Crippen LogP contribution is 2.53. The van der Waals surface area contributed by atoms with Gasteiger partial charge in [-0.3, -0.25) is 0 Å². The minimum Gasteiger partial charge on any atom is -0.309 e. The molecule has 0 atom stereocenters. The van der Waals surface area contributed by atoms with E-state index in [0.717, 1.165) is 17.1 Å². The van der Waals surface area contributed by atoms with Crippen LogP contribution in [0.1, 0.15) is 0 Å². The average molecular weight is 790 g/mol. The fourth-order valence-electron chi connectivity index (χ4n) is 8.81. The fraction of sp³-hybridized carbons (Fsp3) is 0. The van der Waals surface area contributed by atoms with Gasteiger partial charge < -0.3 is 14.4 Å². The van der Waals surface area contributed by atoms with Gasteiger partial charge in [-0.05, 0) is 131 Å². The molecule has 2 aliphatic rings. The van der Waals surface area contributed by atoms with E-state index in [2.05, 4.69) is 227 Å². The summed E-state index contributed by atoms with van der Waals surface area (Å²) in [7, 11) is 0. The van der Waals surface area contributed by atoms with Crippen LogP contribution < -0.4 is 9.80 Å². The molecule has 0 radical (unpaired) electrons. The van der Waals surface area contributed by atoms with Crippen molar-refractivity contribution in [3.8, 4) is 27.9 Å². The van der Waals surface area contributed by atoms with Crippen LogP contribution in [0.15, 0.2) is 232 Å². The van der Waals surface area contributed by atoms with Crippen LogP contribution in [0.3, 0.4) is 0 Å². The molecule has 59 heavy (non-hydrogen) atoms. The summed E-state index contributed by atoms with van der Waals surface area (Å²) in [5.74, 6) is 0. The van der Waals surface area contributed by atoms with Crippen LogP contribution in [0, 0.1) is 0 Å². The smallest absolute Gasteiger partial charge is 0.0601 e. The third-order valence-electron chi connectivity index (χ3n) is 11.6. The third kappa shape index (κ3) is 5.69. The van der Waals surface area contributed by atoms with E-state index in [-0.39, 0.29) is 0 Å². The Kier molecular flexibility index (Phi) is 8.03. The predicted octanol–water partition coefficient (Wildman–Crippen LogP) is 16.0. The molecule has 3 nitrogen and oxygen atoms in total. The Bertz CT molecular complexity index is 2940. The minimum absolute atomic E-state index is 1.15. The van der Waals surface area contributed by atoms with Crippen molar-refractivity contribution in [1.29, 1.82) is 0 Å². The standard InChI is InChI=1S/C54H35N3S2/c1-2-12-40(13-3-1)55-45-32-26-38(36-22-28-41(29-23-36)56-47-14-4-8-18-51(47)58-52-19-9-5-15-48(52)56)34-43(45)44-35-39(27-33-46(44)55)37-24-30-42(31-25-37)57-49-16-6-10-20-53(49)59-54-21-11-7-17-50(54)57/h1-35H. The van der Waals surface area contributed by atoms with Crippen molar-refractivity contribution in [3.05, 3.63) is 212 Å². The first-order valence-corrected chi connectivity index (χ1v) is 21.6. The van der Waals surface area contributed by atoms with Crippen molar-refractivity contribution in [2.24, 2.45) is 0 Å². The summed E-state index contributed by atoms with van der Waals surface area (Å²) in [6.45, 7) is 0. The van der Waals surface area contributed by atoms with E-state index in [0.29, 0.717) is 0 Å². The van der Waals surface area contributed by atoms with Crippen molar-refractivity contribution in [2.45, 2.75) is 19.6 Å². The Morgan fingerprint density at radius 1 is 0.271 bits per heavy atom. The highest BCUT2D eigenvalue weighted by atomic mass is 32.2. The molecular formula is C54H35N3S2. The predicted molar refractivity (Wildman–Crippen MR) is 249 cm³/mol. The maximum atomic E-state index is 2.40. The molecule has 0 saturated carbocycles. The van der Waals surface area contributed by atoms with E-state index in [9.17, 15) is 0 Å². The number of hydrogen-bond acceptors (Lipinski definition) is 4. The van der Waals surface area contributed by atoms with E-state index >= 15 is 0 Å². The van der Waals surface area contributed by atoms with E-state index < -0.39 is 0 Å². The first kappa shape index (κ1) is 34.1. The van der Waals surface area contributed by atoms with E-state index in [1.54, 1.807) is 0 Å². The topological polar surface area (TPSA) is 11.4 Å². The number of aromatic nitrogens is 1. The fourth-order valence-corrected chi connectivity index (χ4v) is 10.9. The van der Waals surface area contributed by atoms with Gasteiger partial charge in [0.15, 0.2) is 0 Å². The van der Waals surface area contributed by atoms with Gasteiger partial charge in [0.05, 0.1) is 33.8 Å². The Morgan fingerprint density at radius 2 is 0.610 bits per heavy atom. The maximum Gasteiger partial charge on any atom is 0.0601 e. The molecule has 0 N–H and O–H groups in total. The molecule has 0 spiro atoms. The summed E-state index contributed by atoms with van der Waals surface area (Å²) in [6.07, 6.45) is 0. The number of rotatable bonds is 5. The quantitative estimate of drug-likeness (QED) is 0.172. The van der Waals surface area contributed by atoms with Crippen molar-refractivity contribution in [3.63, 3.8) is 0 Å². The summed E-state index contributed by atoms with van der Waals surface area (Å²) in [5, 5.41) is 2.47. The van der Waals surface area contributed by atoms with Gasteiger partial charge in [-0.2, -0.15) is 0 Å². The highest BCUT2D eigenvalue weighted by molar-refractivity contribution is 8.00. The molecule has 0 aliphatic carbocycles. The monoisotopic (exact) mass is 789 g/mol. The van der Waals surface area contributed by atoms with Gasteiger partial charge in [0.2, 0.25) is 0 Å². The summed E-state index contributed by atoms with van der Waals surface area (Å²) in [5.41, 5.74) is 15.5. The molecule has 278 valence electrons. The lowest BCUT2D eigenvalue weighted by Gasteiger charge is -2.32. The zero-order chi connectivity index (χ0) is 38.9. The number of benzene rings is 9. The van der Waals surface area contributed by atoms with E-state index in [1.165, 1.54) is 86.4 Å². The average Bonchev–Trinajstić information content (AvgIpc) is 3.63. The largest absolute Gasteiger partial charge is 0.309 e. The van der Waals surface area contributed by atoms with Crippen molar-refractivity contribution >= 4 is 79.5 Å². The molecule has 3 heterocycles. The summed E-state index contributed by atoms with van der Waals surface area (Å²) in [6, 6.07) is 77.5. The number of nitrogens with zero attached hydrogens (tertiary/aromatic N) is 3. The van der Waals surface area contributed by atoms with Crippen LogP contribution in [0.2, 0.25) is 0 Å². The number of para-hydroxylation sites is 5. The maximum absolute atomic E-state index is 2.40. The lowest BCUT2D eigenvalue weighted by molar-refractivity contribution is 1.17. The zero-order valence-corrected chi connectivity index (χ0v) is 33.5. The Labute approximate surface area is 351 Å². The van der Waals surface area contributed by atoms with Gasteiger partial charge in [-0.15, -0.1) is 0 Å². The summed E-state index contributed by atoms with van der Waals surface area (Å²) >= 11 is 3.68. The van der Waals surface area contributed by atoms with Crippen LogP contribution in [0.25, 0.3) is 49.7 Å². The lowest BCUT2D eigenvalue weighted by atomic mass is 9.99. The molecule has 5 heteroatoms. The van der Waals surface area contributed by atoms with E-state index in [4.69, 9.17) is 0 Å². The van der Waals surface area contributed by atoms with Crippen LogP contribution in [-0.4, -0.2) is 4.57 Å². The van der Waals surface area contributed by atoms with Crippen molar-refractivity contribution in [2.75, 3.05) is 9.80 Å². The van der Waals surface area contributed by atoms with Crippen LogP contribution >= 0.6 is 23.5 Å². The molecule has 0 unspecified atom stereocenters. The van der Waals surface area contributed by atoms with E-state index in [1.807, 2.05) is 23.5 Å². The number of fused-ring (bicyclic) bond motifs is 7. The highest BCUT2D eigenvalue weighted by Gasteiger charge is 2.26. The van der Waals surface area contributed by atoms with Gasteiger partial charge in [0.25, 0.3) is 0 Å². The van der Waals surface area contributed by atoms with Crippen LogP contribution in [0.5, 0.6) is 0 Å². The zero-order valence-electron chi connectivity index (χ0n) is 31.9. The molecule has 0 saturated heterocycles. The SMILES string of the molecule is c1ccc(-n2c3ccc(-c4ccc(N5c6ccccc6Sc6ccccc65)cc4)cc3c3cc(-c4ccc(N5c6ccccc6Sc6ccccc65)cc4)ccc32)cc1. The second kappa shape index (κ2) is 13.9. The Balaban J connectivity index is 0.941. The second-order valence-electron chi connectivity index (χ2n) is 15.0. The summed E-state index contributed by atoms with van der Waals surface area (Å²) in [4.78, 5) is 9.84. The van der Waals surface area contributed by atoms with Gasteiger partial charge in [-0.1, -0.05) is 127 Å². The molecule has 9 aromatic carbocycles. The Hall–Kier alpha value is -6.92. The molecule has 2 aliphatic heterocycles. The number of hydrogen-bond donors (Lipinski definition) is 0. The van der Waals surface area contributed by atoms with Gasteiger partial charge in [0, 0.05) is 47.4 Å². The first-order chi connectivity index (χ1) is 29.2. The second-order valence-corrected chi connectivity index (χ2v) is 17.1. The molecule has 10 aromatic rings. The van der Waals surface area contributed by atoms with Gasteiger partial charge in [-0.25, -0.2) is 0 Å². The first-order valence-electron chi connectivity index (χ1n) is 19.9. The third-order valence-corrected chi connectivity index (χ3v) is 13.8. The molecule has 12 rings (SSSR count). The molecular weight excluding hydrogens is 755 g/mol. The Morgan fingerprint density at radius 3 is 1.00 bits per heavy atom. The van der Waals surface area contributed by atoms with Crippen molar-refractivity contribution < 1.29 is 0 Å². The number of anilines is 6. The lowest BCUT2D eigenvalue weighted by Crippen LogP contribution is -2.14. The van der Waals surface area contributed by atoms with Crippen LogP contribution in [-0.2, 0) is 0 Å². The summed E-state index contributed by atoms with van der Waals surface area (Å²) < 4.78 is 2.40.